The first-order valence-corrected chi connectivity index (χ1v) is 1.85. The Morgan fingerprint density at radius 2 is 1.44 bits per heavy atom. The first-order valence-electron chi connectivity index (χ1n) is 1.85. The molecule has 0 spiro atoms. The van der Waals surface area contributed by atoms with Crippen LogP contribution < -0.4 is 0 Å². The van der Waals surface area contributed by atoms with Crippen molar-refractivity contribution in [1.29, 1.82) is 0 Å². The smallest absolute Gasteiger partial charge is 0.309 e. The topological polar surface area (TPSA) is 9.23 Å². The van der Waals surface area contributed by atoms with E-state index in [9.17, 15) is 17.6 Å². The lowest BCUT2D eigenvalue weighted by atomic mass is 10.2. The molecule has 0 aromatic carbocycles. The van der Waals surface area contributed by atoms with E-state index in [1.807, 2.05) is 0 Å². The Bertz CT molecular complexity index is 96.8. The monoisotopic (exact) mass is 150 g/mol. The van der Waals surface area contributed by atoms with Crippen LogP contribution in [0.25, 0.3) is 0 Å². The molecule has 6 heteroatoms. The molecule has 1 heterocycles. The summed E-state index contributed by atoms with van der Waals surface area (Å²) in [4.78, 5) is 0. The van der Waals surface area contributed by atoms with Gasteiger partial charge in [0, 0.05) is 0 Å². The number of halogens is 5. The third-order valence-corrected chi connectivity index (χ3v) is 0.861. The normalized spacial score (nSPS) is 28.0. The third kappa shape index (κ3) is 0.983. The van der Waals surface area contributed by atoms with Gasteiger partial charge >= 0.3 is 12.0 Å². The quantitative estimate of drug-likeness (QED) is 0.474. The maximum absolute atomic E-state index is 11.4. The lowest BCUT2D eigenvalue weighted by Crippen LogP contribution is -2.57. The highest BCUT2D eigenvalue weighted by Crippen LogP contribution is 2.43. The van der Waals surface area contributed by atoms with E-state index in [0.29, 0.717) is 0 Å². The Balaban J connectivity index is 0.000000640. The molecular weight excluding hydrogens is 147 g/mol. The summed E-state index contributed by atoms with van der Waals surface area (Å²) >= 11 is 0. The predicted molar refractivity (Wildman–Crippen MR) is 18.3 cm³/mol. The predicted octanol–water partition coefficient (Wildman–Crippen LogP) is 1.40. The van der Waals surface area contributed by atoms with E-state index in [0.717, 1.165) is 0 Å². The standard InChI is InChI=1S/C3H2F4O.FH/c4-2(5)1-8-3(2,6)7;/h1H2;1H. The highest BCUT2D eigenvalue weighted by molar-refractivity contribution is 4.85. The van der Waals surface area contributed by atoms with E-state index in [1.165, 1.54) is 0 Å². The van der Waals surface area contributed by atoms with Crippen LogP contribution in [0.2, 0.25) is 0 Å². The van der Waals surface area contributed by atoms with E-state index in [-0.39, 0.29) is 4.70 Å². The van der Waals surface area contributed by atoms with E-state index in [1.54, 1.807) is 0 Å². The molecular formula is C3H3F5O. The highest BCUT2D eigenvalue weighted by atomic mass is 19.3. The molecule has 0 aromatic rings. The fourth-order valence-electron chi connectivity index (χ4n) is 0.290. The van der Waals surface area contributed by atoms with Gasteiger partial charge in [0.15, 0.2) is 0 Å². The molecule has 9 heavy (non-hydrogen) atoms. The Hall–Kier alpha value is -0.390. The van der Waals surface area contributed by atoms with E-state index in [4.69, 9.17) is 0 Å². The van der Waals surface area contributed by atoms with Crippen LogP contribution in [0.4, 0.5) is 22.3 Å². The minimum absolute atomic E-state index is 0. The Morgan fingerprint density at radius 3 is 1.44 bits per heavy atom. The molecule has 1 fully saturated rings. The molecule has 0 atom stereocenters. The number of rotatable bonds is 0. The molecule has 0 N–H and O–H groups in total. The van der Waals surface area contributed by atoms with Gasteiger partial charge in [-0.25, -0.2) is 0 Å². The summed E-state index contributed by atoms with van der Waals surface area (Å²) in [5.41, 5.74) is 0. The summed E-state index contributed by atoms with van der Waals surface area (Å²) in [5.74, 6) is -3.94. The van der Waals surface area contributed by atoms with Crippen LogP contribution in [0.5, 0.6) is 0 Å². The minimum atomic E-state index is -4.22. The van der Waals surface area contributed by atoms with Crippen molar-refractivity contribution in [3.63, 3.8) is 0 Å². The Kier molecular flexibility index (Phi) is 1.72. The molecule has 0 aromatic heterocycles. The van der Waals surface area contributed by atoms with E-state index >= 15 is 0 Å². The van der Waals surface area contributed by atoms with Gasteiger partial charge in [0.2, 0.25) is 0 Å². The van der Waals surface area contributed by atoms with Gasteiger partial charge in [0.05, 0.1) is 0 Å². The van der Waals surface area contributed by atoms with Gasteiger partial charge in [0.1, 0.15) is 6.61 Å². The zero-order valence-electron chi connectivity index (χ0n) is 4.04. The van der Waals surface area contributed by atoms with Crippen LogP contribution in [0.1, 0.15) is 0 Å². The molecule has 0 bridgehead atoms. The van der Waals surface area contributed by atoms with Crippen LogP contribution in [0.3, 0.4) is 0 Å². The van der Waals surface area contributed by atoms with E-state index in [2.05, 4.69) is 4.74 Å². The minimum Gasteiger partial charge on any atom is -0.309 e. The second-order valence-electron chi connectivity index (χ2n) is 1.51. The average Bonchev–Trinajstić information content (AvgIpc) is 1.64. The molecule has 0 radical (unpaired) electrons. The van der Waals surface area contributed by atoms with Gasteiger partial charge in [-0.15, -0.1) is 0 Å². The van der Waals surface area contributed by atoms with Crippen molar-refractivity contribution in [2.45, 2.75) is 12.0 Å². The van der Waals surface area contributed by atoms with Crippen molar-refractivity contribution in [1.82, 2.24) is 0 Å². The van der Waals surface area contributed by atoms with Crippen molar-refractivity contribution in [2.75, 3.05) is 6.61 Å². The van der Waals surface area contributed by atoms with Crippen molar-refractivity contribution < 1.29 is 27.0 Å². The summed E-state index contributed by atoms with van der Waals surface area (Å²) in [7, 11) is 0. The van der Waals surface area contributed by atoms with Gasteiger partial charge in [0.25, 0.3) is 0 Å². The lowest BCUT2D eigenvalue weighted by molar-refractivity contribution is -0.441. The molecule has 1 nitrogen and oxygen atoms in total. The Labute approximate surface area is 47.0 Å². The molecule has 0 amide bonds. The molecule has 1 aliphatic rings. The fraction of sp³-hybridized carbons (Fsp3) is 1.00. The first kappa shape index (κ1) is 8.61. The maximum atomic E-state index is 11.4. The van der Waals surface area contributed by atoms with E-state index < -0.39 is 18.6 Å². The summed E-state index contributed by atoms with van der Waals surface area (Å²) in [6.07, 6.45) is -4.22. The highest BCUT2D eigenvalue weighted by Gasteiger charge is 2.67. The molecule has 0 aliphatic carbocycles. The molecule has 1 aliphatic heterocycles. The van der Waals surface area contributed by atoms with Crippen LogP contribution in [0, 0.1) is 0 Å². The van der Waals surface area contributed by atoms with Crippen LogP contribution in [0.15, 0.2) is 0 Å². The number of hydrogen-bond donors (Lipinski definition) is 0. The molecule has 56 valence electrons. The molecule has 1 saturated heterocycles. The van der Waals surface area contributed by atoms with Gasteiger partial charge in [-0.2, -0.15) is 17.6 Å². The molecule has 0 unspecified atom stereocenters. The van der Waals surface area contributed by atoms with Gasteiger partial charge in [-0.05, 0) is 0 Å². The third-order valence-electron chi connectivity index (χ3n) is 0.861. The Morgan fingerprint density at radius 1 is 1.11 bits per heavy atom. The van der Waals surface area contributed by atoms with Crippen molar-refractivity contribution in [3.05, 3.63) is 0 Å². The summed E-state index contributed by atoms with van der Waals surface area (Å²) in [5, 5.41) is 0. The van der Waals surface area contributed by atoms with Gasteiger partial charge in [-0.3, -0.25) is 4.70 Å². The fourth-order valence-corrected chi connectivity index (χ4v) is 0.290. The summed E-state index contributed by atoms with van der Waals surface area (Å²) < 4.78 is 48.8. The second kappa shape index (κ2) is 1.80. The second-order valence-corrected chi connectivity index (χ2v) is 1.51. The van der Waals surface area contributed by atoms with Crippen molar-refractivity contribution >= 4 is 0 Å². The molecule has 1 rings (SSSR count). The average molecular weight is 150 g/mol. The zero-order valence-corrected chi connectivity index (χ0v) is 4.04. The SMILES string of the molecule is F.FC1(F)COC1(F)F. The summed E-state index contributed by atoms with van der Waals surface area (Å²) in [6, 6.07) is 0. The van der Waals surface area contributed by atoms with Crippen LogP contribution in [-0.4, -0.2) is 18.6 Å². The van der Waals surface area contributed by atoms with Crippen LogP contribution in [-0.2, 0) is 4.74 Å². The van der Waals surface area contributed by atoms with Gasteiger partial charge in [-0.1, -0.05) is 0 Å². The van der Waals surface area contributed by atoms with Gasteiger partial charge < -0.3 is 4.74 Å². The summed E-state index contributed by atoms with van der Waals surface area (Å²) in [6.45, 7) is -1.17. The van der Waals surface area contributed by atoms with Crippen molar-refractivity contribution in [2.24, 2.45) is 0 Å². The van der Waals surface area contributed by atoms with Crippen molar-refractivity contribution in [3.8, 4) is 0 Å². The number of ether oxygens (including phenoxy) is 1. The maximum Gasteiger partial charge on any atom is 0.422 e. The zero-order chi connectivity index (χ0) is 6.41. The number of hydrogen-bond acceptors (Lipinski definition) is 1. The molecule has 0 saturated carbocycles. The first-order chi connectivity index (χ1) is 3.46. The lowest BCUT2D eigenvalue weighted by Gasteiger charge is -2.34. The number of alkyl halides is 4. The van der Waals surface area contributed by atoms with Crippen LogP contribution >= 0.6 is 0 Å². The largest absolute Gasteiger partial charge is 0.422 e.